The number of hydrogen-bond acceptors (Lipinski definition) is 8. The number of rotatable bonds is 5. The Balaban J connectivity index is 1.16. The predicted octanol–water partition coefficient (Wildman–Crippen LogP) is 5.34. The number of phenols is 1. The van der Waals surface area contributed by atoms with E-state index in [1.54, 1.807) is 4.90 Å². The van der Waals surface area contributed by atoms with Gasteiger partial charge in [-0.2, -0.15) is 9.97 Å². The van der Waals surface area contributed by atoms with Gasteiger partial charge in [0.25, 0.3) is 5.92 Å². The van der Waals surface area contributed by atoms with Crippen LogP contribution in [0.3, 0.4) is 0 Å². The second-order valence-corrected chi connectivity index (χ2v) is 14.2. The van der Waals surface area contributed by atoms with Crippen molar-refractivity contribution in [1.29, 1.82) is 0 Å². The Morgan fingerprint density at radius 1 is 1.08 bits per heavy atom. The highest BCUT2D eigenvalue weighted by molar-refractivity contribution is 6.03. The zero-order valence-corrected chi connectivity index (χ0v) is 25.7. The van der Waals surface area contributed by atoms with Crippen molar-refractivity contribution in [3.8, 4) is 35.4 Å². The van der Waals surface area contributed by atoms with E-state index in [0.29, 0.717) is 29.7 Å². The molecule has 0 unspecified atom stereocenters. The Labute approximate surface area is 272 Å². The minimum absolute atomic E-state index is 0.0491. The van der Waals surface area contributed by atoms with Crippen molar-refractivity contribution in [2.75, 3.05) is 37.7 Å². The maximum atomic E-state index is 16.8. The molecule has 1 aliphatic carbocycles. The number of aromatic nitrogens is 3. The number of terminal acetylenes is 1. The minimum Gasteiger partial charge on any atom is -0.508 e. The van der Waals surface area contributed by atoms with E-state index in [1.165, 1.54) is 30.5 Å². The van der Waals surface area contributed by atoms with E-state index in [0.717, 1.165) is 12.8 Å². The highest BCUT2D eigenvalue weighted by atomic mass is 19.3. The second kappa shape index (κ2) is 10.1. The number of alkyl halides is 3. The van der Waals surface area contributed by atoms with E-state index in [-0.39, 0.29) is 90.5 Å². The van der Waals surface area contributed by atoms with Crippen LogP contribution in [0.4, 0.5) is 27.8 Å². The van der Waals surface area contributed by atoms with Gasteiger partial charge in [-0.3, -0.25) is 9.88 Å². The number of benzene rings is 2. The molecule has 6 heterocycles. The molecule has 2 bridgehead atoms. The summed E-state index contributed by atoms with van der Waals surface area (Å²) in [5.74, 6) is -1.79. The number of hydrogen-bond donors (Lipinski definition) is 2. The van der Waals surface area contributed by atoms with Crippen LogP contribution in [0.1, 0.15) is 37.7 Å². The summed E-state index contributed by atoms with van der Waals surface area (Å²) in [4.78, 5) is 17.5. The zero-order valence-electron chi connectivity index (χ0n) is 25.7. The monoisotopic (exact) mass is 662 g/mol. The van der Waals surface area contributed by atoms with Crippen LogP contribution in [0.2, 0.25) is 0 Å². The maximum Gasteiger partial charge on any atom is 0.319 e. The van der Waals surface area contributed by atoms with Gasteiger partial charge >= 0.3 is 6.01 Å². The number of halogens is 5. The van der Waals surface area contributed by atoms with Crippen LogP contribution in [-0.4, -0.2) is 87.5 Å². The highest BCUT2D eigenvalue weighted by Gasteiger charge is 2.77. The fourth-order valence-corrected chi connectivity index (χ4v) is 8.89. The molecule has 5 fully saturated rings. The number of ether oxygens (including phenoxy) is 1. The van der Waals surface area contributed by atoms with Gasteiger partial charge in [-0.05, 0) is 42.8 Å². The summed E-state index contributed by atoms with van der Waals surface area (Å²) in [6.07, 6.45) is 7.81. The Morgan fingerprint density at radius 2 is 1.85 bits per heavy atom. The van der Waals surface area contributed by atoms with Crippen molar-refractivity contribution in [1.82, 2.24) is 25.2 Å². The number of nitrogens with one attached hydrogen (secondary N) is 1. The van der Waals surface area contributed by atoms with Gasteiger partial charge in [0.05, 0.1) is 21.9 Å². The Kier molecular flexibility index (Phi) is 6.29. The van der Waals surface area contributed by atoms with E-state index < -0.39 is 34.7 Å². The lowest BCUT2D eigenvalue weighted by Gasteiger charge is -2.34. The standard InChI is InChI=1S/C35H31F5N6O2/c1-2-23-26(37)6-3-18-7-22(47)8-24(27(18)23)29-28(38)30-25(10-41-29)31(45-12-20-4-5-21(13-45)42-20)44-32(43-30)48-17-34-9-19(36)11-46(34)16-33(14-34)15-35(33,39)40/h1,3,6-8,10,19-21,42,47H,4-5,9,11-17H2/t19-,20-,21+,33+,34+/m1/s1. The molecule has 2 aromatic heterocycles. The molecule has 0 radical (unpaired) electrons. The van der Waals surface area contributed by atoms with Gasteiger partial charge in [-0.1, -0.05) is 12.0 Å². The number of nitrogens with zero attached hydrogens (tertiary/aromatic N) is 5. The number of aromatic hydroxyl groups is 1. The van der Waals surface area contributed by atoms with E-state index >= 15 is 4.39 Å². The number of piperazine rings is 1. The predicted molar refractivity (Wildman–Crippen MR) is 168 cm³/mol. The molecule has 48 heavy (non-hydrogen) atoms. The molecular weight excluding hydrogens is 631 g/mol. The van der Waals surface area contributed by atoms with Crippen LogP contribution < -0.4 is 15.0 Å². The molecule has 2 N–H and O–H groups in total. The molecule has 9 rings (SSSR count). The van der Waals surface area contributed by atoms with E-state index in [2.05, 4.69) is 21.2 Å². The average molecular weight is 663 g/mol. The summed E-state index contributed by atoms with van der Waals surface area (Å²) in [6.45, 7) is 1.22. The SMILES string of the molecule is C#Cc1c(F)ccc2cc(O)cc(-c3ncc4c(N5C[C@H]6CC[C@@H](C5)N6)nc(OC[C@@]56C[C@@H](F)CN5C[C@@]5(CC5(F)F)C6)nc4c3F)c12. The lowest BCUT2D eigenvalue weighted by molar-refractivity contribution is 0.0634. The fraction of sp³-hybridized carbons (Fsp3) is 0.457. The molecule has 5 aliphatic rings. The Bertz CT molecular complexity index is 2060. The highest BCUT2D eigenvalue weighted by Crippen LogP contribution is 2.69. The molecule has 13 heteroatoms. The first-order chi connectivity index (χ1) is 23.0. The molecule has 248 valence electrons. The van der Waals surface area contributed by atoms with Gasteiger partial charge in [0, 0.05) is 68.3 Å². The van der Waals surface area contributed by atoms with Crippen LogP contribution in [-0.2, 0) is 0 Å². The third-order valence-corrected chi connectivity index (χ3v) is 11.1. The van der Waals surface area contributed by atoms with Crippen molar-refractivity contribution in [3.05, 3.63) is 47.7 Å². The first kappa shape index (κ1) is 29.8. The van der Waals surface area contributed by atoms with Gasteiger partial charge in [0.15, 0.2) is 5.82 Å². The summed E-state index contributed by atoms with van der Waals surface area (Å²) in [5, 5.41) is 15.0. The number of phenolic OH excluding ortho intramolecular Hbond substituents is 1. The van der Waals surface area contributed by atoms with Crippen LogP contribution in [0.25, 0.3) is 32.9 Å². The first-order valence-electron chi connectivity index (χ1n) is 16.2. The third-order valence-electron chi connectivity index (χ3n) is 11.1. The first-order valence-corrected chi connectivity index (χ1v) is 16.2. The summed E-state index contributed by atoms with van der Waals surface area (Å²) in [5.41, 5.74) is -2.49. The third kappa shape index (κ3) is 4.38. The van der Waals surface area contributed by atoms with Crippen LogP contribution in [0.15, 0.2) is 30.5 Å². The normalized spacial score (nSPS) is 30.3. The quantitative estimate of drug-likeness (QED) is 0.219. The number of fused-ring (bicyclic) bond motifs is 5. The summed E-state index contributed by atoms with van der Waals surface area (Å²) in [6, 6.07) is 5.56. The average Bonchev–Trinajstić information content (AvgIpc) is 3.30. The van der Waals surface area contributed by atoms with Gasteiger partial charge in [0.2, 0.25) is 0 Å². The summed E-state index contributed by atoms with van der Waals surface area (Å²) < 4.78 is 81.5. The van der Waals surface area contributed by atoms with Crippen LogP contribution >= 0.6 is 0 Å². The van der Waals surface area contributed by atoms with Crippen molar-refractivity contribution in [2.45, 2.75) is 61.8 Å². The molecule has 0 amide bonds. The van der Waals surface area contributed by atoms with Crippen LogP contribution in [0.5, 0.6) is 11.8 Å². The lowest BCUT2D eigenvalue weighted by atomic mass is 9.88. The summed E-state index contributed by atoms with van der Waals surface area (Å²) in [7, 11) is 0. The summed E-state index contributed by atoms with van der Waals surface area (Å²) >= 11 is 0. The second-order valence-electron chi connectivity index (χ2n) is 14.2. The van der Waals surface area contributed by atoms with Crippen molar-refractivity contribution < 1.29 is 31.8 Å². The molecular formula is C35H31F5N6O2. The van der Waals surface area contributed by atoms with Crippen molar-refractivity contribution in [2.24, 2.45) is 5.41 Å². The largest absolute Gasteiger partial charge is 0.508 e. The van der Waals surface area contributed by atoms with Crippen molar-refractivity contribution in [3.63, 3.8) is 0 Å². The maximum absolute atomic E-state index is 16.8. The van der Waals surface area contributed by atoms with Gasteiger partial charge in [0.1, 0.15) is 41.4 Å². The molecule has 2 aromatic carbocycles. The molecule has 1 saturated carbocycles. The lowest BCUT2D eigenvalue weighted by Crippen LogP contribution is -2.51. The Hall–Kier alpha value is -4.28. The molecule has 4 aromatic rings. The topological polar surface area (TPSA) is 86.6 Å². The zero-order chi connectivity index (χ0) is 33.2. The van der Waals surface area contributed by atoms with E-state index in [4.69, 9.17) is 16.1 Å². The van der Waals surface area contributed by atoms with E-state index in [1.807, 2.05) is 4.90 Å². The smallest absolute Gasteiger partial charge is 0.319 e. The van der Waals surface area contributed by atoms with Crippen molar-refractivity contribution >= 4 is 27.5 Å². The van der Waals surface area contributed by atoms with Gasteiger partial charge in [-0.15, -0.1) is 6.42 Å². The molecule has 4 aliphatic heterocycles. The number of pyridine rings is 1. The van der Waals surface area contributed by atoms with E-state index in [9.17, 15) is 22.7 Å². The van der Waals surface area contributed by atoms with Gasteiger partial charge in [-0.25, -0.2) is 22.0 Å². The Morgan fingerprint density at radius 3 is 2.58 bits per heavy atom. The molecule has 4 saturated heterocycles. The fourth-order valence-electron chi connectivity index (χ4n) is 8.89. The number of anilines is 1. The minimum atomic E-state index is -2.80. The van der Waals surface area contributed by atoms with Gasteiger partial charge < -0.3 is 20.1 Å². The molecule has 1 spiro atoms. The van der Waals surface area contributed by atoms with Crippen LogP contribution in [0, 0.1) is 29.4 Å². The molecule has 5 atom stereocenters. The molecule has 8 nitrogen and oxygen atoms in total.